The van der Waals surface area contributed by atoms with Crippen LogP contribution in [0, 0.1) is 6.92 Å². The van der Waals surface area contributed by atoms with Gasteiger partial charge >= 0.3 is 5.97 Å². The number of hydrogen-bond acceptors (Lipinski definition) is 7. The highest BCUT2D eigenvalue weighted by molar-refractivity contribution is 8.01. The third-order valence-corrected chi connectivity index (χ3v) is 6.98. The summed E-state index contributed by atoms with van der Waals surface area (Å²) in [4.78, 5) is 39.1. The monoisotopic (exact) mass is 431 g/mol. The summed E-state index contributed by atoms with van der Waals surface area (Å²) in [6.45, 7) is 1.69. The fraction of sp³-hybridized carbons (Fsp3) is 0.263. The Morgan fingerprint density at radius 3 is 2.79 bits per heavy atom. The van der Waals surface area contributed by atoms with E-state index in [0.29, 0.717) is 22.8 Å². The van der Waals surface area contributed by atoms with E-state index in [0.717, 1.165) is 4.90 Å². The quantitative estimate of drug-likeness (QED) is 0.528. The minimum atomic E-state index is -1.14. The summed E-state index contributed by atoms with van der Waals surface area (Å²) in [5, 5.41) is 15.5. The van der Waals surface area contributed by atoms with Gasteiger partial charge in [0.15, 0.2) is 0 Å². The van der Waals surface area contributed by atoms with Gasteiger partial charge in [0.05, 0.1) is 5.69 Å². The van der Waals surface area contributed by atoms with Crippen LogP contribution in [0.1, 0.15) is 16.2 Å². The van der Waals surface area contributed by atoms with Gasteiger partial charge in [-0.2, -0.15) is 0 Å². The lowest BCUT2D eigenvalue weighted by Gasteiger charge is -2.49. The number of amides is 2. The maximum Gasteiger partial charge on any atom is 0.352 e. The van der Waals surface area contributed by atoms with E-state index >= 15 is 0 Å². The first-order chi connectivity index (χ1) is 14.0. The molecule has 3 heterocycles. The molecule has 1 fully saturated rings. The highest BCUT2D eigenvalue weighted by Gasteiger charge is 2.54. The molecule has 1 aromatic heterocycles. The normalized spacial score (nSPS) is 20.9. The number of rotatable bonds is 6. The number of fused-ring (bicyclic) bond motifs is 1. The van der Waals surface area contributed by atoms with Gasteiger partial charge in [-0.15, -0.1) is 23.5 Å². The molecule has 0 radical (unpaired) electrons. The number of aryl methyl sites for hydroxylation is 1. The van der Waals surface area contributed by atoms with Crippen molar-refractivity contribution in [1.82, 2.24) is 15.4 Å². The minimum absolute atomic E-state index is 0.0168. The Morgan fingerprint density at radius 2 is 2.14 bits per heavy atom. The van der Waals surface area contributed by atoms with Gasteiger partial charge in [-0.3, -0.25) is 14.5 Å². The van der Waals surface area contributed by atoms with E-state index < -0.39 is 29.2 Å². The van der Waals surface area contributed by atoms with Crippen molar-refractivity contribution in [3.8, 4) is 0 Å². The van der Waals surface area contributed by atoms with Crippen molar-refractivity contribution in [1.29, 1.82) is 0 Å². The van der Waals surface area contributed by atoms with Crippen LogP contribution in [0.15, 0.2) is 57.1 Å². The van der Waals surface area contributed by atoms with Gasteiger partial charge in [0.25, 0.3) is 11.8 Å². The molecule has 2 N–H and O–H groups in total. The number of carbonyl (C=O) groups is 3. The van der Waals surface area contributed by atoms with Gasteiger partial charge in [0.1, 0.15) is 17.1 Å². The molecule has 4 rings (SSSR count). The van der Waals surface area contributed by atoms with Crippen molar-refractivity contribution in [3.63, 3.8) is 0 Å². The van der Waals surface area contributed by atoms with Crippen LogP contribution in [-0.2, 0) is 9.59 Å². The van der Waals surface area contributed by atoms with Crippen molar-refractivity contribution in [2.45, 2.75) is 23.2 Å². The van der Waals surface area contributed by atoms with Crippen molar-refractivity contribution in [2.75, 3.05) is 11.5 Å². The minimum Gasteiger partial charge on any atom is -0.477 e. The lowest BCUT2D eigenvalue weighted by molar-refractivity contribution is -0.148. The number of thioether (sulfide) groups is 2. The standard InChI is InChI=1S/C19H17N3O5S2/c1-10-7-13(27-21-10)16(23)20-14-17(24)22-15(19(25)26)11(9-29-18(14)22)8-28-12-5-3-2-4-6-12/h2-7,14,18H,8-9H2,1H3,(H,20,23)(H,25,26)/t14-,18?/m1/s1. The van der Waals surface area contributed by atoms with Crippen molar-refractivity contribution in [3.05, 3.63) is 59.1 Å². The average molecular weight is 431 g/mol. The van der Waals surface area contributed by atoms with Crippen LogP contribution in [0.5, 0.6) is 0 Å². The molecule has 0 aliphatic carbocycles. The van der Waals surface area contributed by atoms with E-state index in [1.54, 1.807) is 6.92 Å². The molecule has 0 bridgehead atoms. The van der Waals surface area contributed by atoms with Crippen LogP contribution in [0.25, 0.3) is 0 Å². The molecule has 2 aromatic rings. The maximum absolute atomic E-state index is 12.7. The van der Waals surface area contributed by atoms with Gasteiger partial charge in [0.2, 0.25) is 5.76 Å². The zero-order valence-electron chi connectivity index (χ0n) is 15.3. The lowest BCUT2D eigenvalue weighted by Crippen LogP contribution is -2.70. The van der Waals surface area contributed by atoms with E-state index in [4.69, 9.17) is 4.52 Å². The van der Waals surface area contributed by atoms with Gasteiger partial charge in [-0.25, -0.2) is 4.79 Å². The lowest BCUT2D eigenvalue weighted by atomic mass is 10.0. The molecule has 8 nitrogen and oxygen atoms in total. The van der Waals surface area contributed by atoms with E-state index in [1.165, 1.54) is 34.5 Å². The molecule has 150 valence electrons. The summed E-state index contributed by atoms with van der Waals surface area (Å²) < 4.78 is 4.92. The van der Waals surface area contributed by atoms with Crippen LogP contribution in [0.4, 0.5) is 0 Å². The molecule has 2 aliphatic heterocycles. The molecule has 1 saturated heterocycles. The van der Waals surface area contributed by atoms with Gasteiger partial charge in [0, 0.05) is 22.5 Å². The van der Waals surface area contributed by atoms with Gasteiger partial charge < -0.3 is 14.9 Å². The Hall–Kier alpha value is -2.72. The summed E-state index contributed by atoms with van der Waals surface area (Å²) >= 11 is 2.97. The molecular weight excluding hydrogens is 414 g/mol. The highest BCUT2D eigenvalue weighted by Crippen LogP contribution is 2.41. The van der Waals surface area contributed by atoms with E-state index in [2.05, 4.69) is 10.5 Å². The van der Waals surface area contributed by atoms with Crippen molar-refractivity contribution < 1.29 is 24.0 Å². The number of nitrogens with zero attached hydrogens (tertiary/aromatic N) is 2. The molecular formula is C19H17N3O5S2. The van der Waals surface area contributed by atoms with Gasteiger partial charge in [-0.1, -0.05) is 23.4 Å². The number of aliphatic carboxylic acids is 1. The second-order valence-electron chi connectivity index (χ2n) is 6.55. The molecule has 2 amide bonds. The second kappa shape index (κ2) is 7.96. The number of benzene rings is 1. The Bertz CT molecular complexity index is 1000. The fourth-order valence-electron chi connectivity index (χ4n) is 3.16. The first-order valence-electron chi connectivity index (χ1n) is 8.77. The molecule has 1 aromatic carbocycles. The van der Waals surface area contributed by atoms with Crippen LogP contribution in [0.2, 0.25) is 0 Å². The number of nitrogens with one attached hydrogen (secondary N) is 1. The number of hydrogen-bond donors (Lipinski definition) is 2. The Balaban J connectivity index is 1.48. The predicted molar refractivity (Wildman–Crippen MR) is 107 cm³/mol. The summed E-state index contributed by atoms with van der Waals surface area (Å²) in [6, 6.07) is 10.3. The number of carbonyl (C=O) groups excluding carboxylic acids is 2. The summed E-state index contributed by atoms with van der Waals surface area (Å²) in [5.41, 5.74) is 1.26. The highest BCUT2D eigenvalue weighted by atomic mass is 32.2. The van der Waals surface area contributed by atoms with Gasteiger partial charge in [-0.05, 0) is 24.6 Å². The number of carboxylic acids is 1. The molecule has 29 heavy (non-hydrogen) atoms. The fourth-order valence-corrected chi connectivity index (χ4v) is 5.57. The summed E-state index contributed by atoms with van der Waals surface area (Å²) in [7, 11) is 0. The van der Waals surface area contributed by atoms with Crippen LogP contribution >= 0.6 is 23.5 Å². The zero-order chi connectivity index (χ0) is 20.5. The molecule has 0 saturated carbocycles. The Kier molecular flexibility index (Phi) is 5.37. The average Bonchev–Trinajstić information content (AvgIpc) is 3.16. The molecule has 2 atom stereocenters. The predicted octanol–water partition coefficient (Wildman–Crippen LogP) is 2.13. The first kappa shape index (κ1) is 19.6. The smallest absolute Gasteiger partial charge is 0.352 e. The largest absolute Gasteiger partial charge is 0.477 e. The molecule has 1 unspecified atom stereocenters. The van der Waals surface area contributed by atoms with Crippen molar-refractivity contribution in [2.24, 2.45) is 0 Å². The maximum atomic E-state index is 12.7. The first-order valence-corrected chi connectivity index (χ1v) is 10.8. The summed E-state index contributed by atoms with van der Waals surface area (Å²) in [6.07, 6.45) is 0. The van der Waals surface area contributed by atoms with Crippen LogP contribution in [0.3, 0.4) is 0 Å². The Morgan fingerprint density at radius 1 is 1.38 bits per heavy atom. The number of carboxylic acid groups (broad SMARTS) is 1. The second-order valence-corrected chi connectivity index (χ2v) is 8.71. The van der Waals surface area contributed by atoms with Crippen molar-refractivity contribution >= 4 is 41.3 Å². The topological polar surface area (TPSA) is 113 Å². The third kappa shape index (κ3) is 3.77. The van der Waals surface area contributed by atoms with E-state index in [-0.39, 0.29) is 11.5 Å². The van der Waals surface area contributed by atoms with E-state index in [9.17, 15) is 19.5 Å². The van der Waals surface area contributed by atoms with Crippen LogP contribution < -0.4 is 5.32 Å². The SMILES string of the molecule is Cc1cc(C(=O)N[C@@H]2C(=O)N3C(C(=O)O)=C(CSc4ccccc4)CSC23)on1. The number of aromatic nitrogens is 1. The summed E-state index contributed by atoms with van der Waals surface area (Å²) in [5.74, 6) is -1.15. The number of β-lactam (4-membered cyclic amide) rings is 1. The van der Waals surface area contributed by atoms with E-state index in [1.807, 2.05) is 30.3 Å². The zero-order valence-corrected chi connectivity index (χ0v) is 17.0. The molecule has 2 aliphatic rings. The molecule has 0 spiro atoms. The Labute approximate surface area is 174 Å². The molecule has 10 heteroatoms. The third-order valence-electron chi connectivity index (χ3n) is 4.54. The van der Waals surface area contributed by atoms with Crippen LogP contribution in [-0.4, -0.2) is 55.9 Å².